The smallest absolute Gasteiger partial charge is 0.274 e. The van der Waals surface area contributed by atoms with Crippen molar-refractivity contribution in [1.82, 2.24) is 19.6 Å². The number of hydrogen-bond donors (Lipinski definition) is 1. The molecule has 8 heteroatoms. The lowest BCUT2D eigenvalue weighted by atomic mass is 10.2. The number of aromatic nitrogens is 2. The van der Waals surface area contributed by atoms with Crippen molar-refractivity contribution in [2.24, 2.45) is 0 Å². The van der Waals surface area contributed by atoms with Crippen LogP contribution in [0.25, 0.3) is 5.69 Å². The van der Waals surface area contributed by atoms with E-state index in [1.54, 1.807) is 34.0 Å². The normalized spacial score (nSPS) is 14.5. The molecule has 7 nitrogen and oxygen atoms in total. The Morgan fingerprint density at radius 3 is 2.33 bits per heavy atom. The fourth-order valence-corrected chi connectivity index (χ4v) is 3.37. The lowest BCUT2D eigenvalue weighted by Crippen LogP contribution is -2.50. The number of hydrogen-bond acceptors (Lipinski definition) is 4. The molecule has 0 aliphatic carbocycles. The highest BCUT2D eigenvalue weighted by Crippen LogP contribution is 2.12. The van der Waals surface area contributed by atoms with Gasteiger partial charge in [-0.05, 0) is 42.5 Å². The number of carbonyl (C=O) groups is 2. The molecule has 30 heavy (non-hydrogen) atoms. The Balaban J connectivity index is 1.29. The van der Waals surface area contributed by atoms with E-state index in [1.165, 1.54) is 12.1 Å². The number of nitrogens with zero attached hydrogens (tertiary/aromatic N) is 4. The first-order chi connectivity index (χ1) is 14.6. The molecule has 0 spiro atoms. The van der Waals surface area contributed by atoms with Crippen molar-refractivity contribution >= 4 is 17.5 Å². The molecule has 0 saturated carbocycles. The second-order valence-electron chi connectivity index (χ2n) is 7.10. The average molecular weight is 407 g/mol. The number of carbonyl (C=O) groups excluding carboxylic acids is 2. The third-order valence-electron chi connectivity index (χ3n) is 4.98. The van der Waals surface area contributed by atoms with Gasteiger partial charge < -0.3 is 10.2 Å². The minimum Gasteiger partial charge on any atom is -0.335 e. The summed E-state index contributed by atoms with van der Waals surface area (Å²) in [6.45, 7) is 2.58. The van der Waals surface area contributed by atoms with E-state index in [0.717, 1.165) is 5.69 Å². The van der Waals surface area contributed by atoms with Crippen LogP contribution in [0.1, 0.15) is 10.5 Å². The van der Waals surface area contributed by atoms with Gasteiger partial charge in [0.05, 0.1) is 12.2 Å². The third kappa shape index (κ3) is 4.72. The predicted octanol–water partition coefficient (Wildman–Crippen LogP) is 2.41. The fourth-order valence-electron chi connectivity index (χ4n) is 3.37. The molecule has 1 fully saturated rings. The summed E-state index contributed by atoms with van der Waals surface area (Å²) in [6.07, 6.45) is 1.69. The zero-order chi connectivity index (χ0) is 20.9. The Bertz CT molecular complexity index is 1010. The molecule has 154 valence electrons. The average Bonchev–Trinajstić information content (AvgIpc) is 3.25. The number of nitrogens with one attached hydrogen (secondary N) is 1. The van der Waals surface area contributed by atoms with E-state index in [1.807, 2.05) is 35.2 Å². The first-order valence-electron chi connectivity index (χ1n) is 9.77. The van der Waals surface area contributed by atoms with Crippen LogP contribution >= 0.6 is 0 Å². The fraction of sp³-hybridized carbons (Fsp3) is 0.227. The molecule has 0 atom stereocenters. The van der Waals surface area contributed by atoms with Gasteiger partial charge >= 0.3 is 0 Å². The molecular weight excluding hydrogens is 385 g/mol. The second-order valence-corrected chi connectivity index (χ2v) is 7.10. The minimum atomic E-state index is -0.322. The second kappa shape index (κ2) is 8.87. The number of halogens is 1. The van der Waals surface area contributed by atoms with Gasteiger partial charge in [0.1, 0.15) is 5.82 Å². The number of benzene rings is 2. The van der Waals surface area contributed by atoms with Crippen LogP contribution in [0.4, 0.5) is 10.1 Å². The molecule has 1 aliphatic heterocycles. The Labute approximate surface area is 173 Å². The SMILES string of the molecule is O=C(CN1CCN(C(=O)c2ccn(-c3ccc(F)cc3)n2)CC1)Nc1ccccc1. The Morgan fingerprint density at radius 1 is 0.933 bits per heavy atom. The monoisotopic (exact) mass is 407 g/mol. The van der Waals surface area contributed by atoms with E-state index < -0.39 is 0 Å². The highest BCUT2D eigenvalue weighted by molar-refractivity contribution is 5.93. The Kier molecular flexibility index (Phi) is 5.85. The highest BCUT2D eigenvalue weighted by Gasteiger charge is 2.24. The molecule has 3 aromatic rings. The number of rotatable bonds is 5. The molecule has 0 radical (unpaired) electrons. The van der Waals surface area contributed by atoms with E-state index in [4.69, 9.17) is 0 Å². The molecule has 2 heterocycles. The maximum atomic E-state index is 13.1. The molecule has 4 rings (SSSR count). The Hall–Kier alpha value is -3.52. The van der Waals surface area contributed by atoms with E-state index in [0.29, 0.717) is 37.6 Å². The molecule has 1 aromatic heterocycles. The van der Waals surface area contributed by atoms with Gasteiger partial charge in [0, 0.05) is 38.1 Å². The third-order valence-corrected chi connectivity index (χ3v) is 4.98. The van der Waals surface area contributed by atoms with E-state index >= 15 is 0 Å². The summed E-state index contributed by atoms with van der Waals surface area (Å²) in [7, 11) is 0. The Morgan fingerprint density at radius 2 is 1.63 bits per heavy atom. The summed E-state index contributed by atoms with van der Waals surface area (Å²) in [5.41, 5.74) is 1.80. The van der Waals surface area contributed by atoms with Crippen LogP contribution in [0.3, 0.4) is 0 Å². The summed E-state index contributed by atoms with van der Waals surface area (Å²) < 4.78 is 14.6. The van der Waals surface area contributed by atoms with Crippen LogP contribution in [-0.2, 0) is 4.79 Å². The van der Waals surface area contributed by atoms with Crippen LogP contribution in [0, 0.1) is 5.82 Å². The van der Waals surface area contributed by atoms with Crippen LogP contribution in [0.15, 0.2) is 66.9 Å². The topological polar surface area (TPSA) is 70.5 Å². The quantitative estimate of drug-likeness (QED) is 0.705. The summed E-state index contributed by atoms with van der Waals surface area (Å²) in [5, 5.41) is 7.20. The molecule has 2 aromatic carbocycles. The summed E-state index contributed by atoms with van der Waals surface area (Å²) in [4.78, 5) is 28.7. The number of anilines is 1. The molecule has 1 saturated heterocycles. The summed E-state index contributed by atoms with van der Waals surface area (Å²) in [6, 6.07) is 16.9. The van der Waals surface area contributed by atoms with Crippen molar-refractivity contribution in [1.29, 1.82) is 0 Å². The molecule has 0 unspecified atom stereocenters. The predicted molar refractivity (Wildman–Crippen MR) is 111 cm³/mol. The molecule has 0 bridgehead atoms. The van der Waals surface area contributed by atoms with E-state index in [-0.39, 0.29) is 24.2 Å². The van der Waals surface area contributed by atoms with Crippen molar-refractivity contribution in [2.45, 2.75) is 0 Å². The van der Waals surface area contributed by atoms with Crippen molar-refractivity contribution in [3.63, 3.8) is 0 Å². The van der Waals surface area contributed by atoms with Crippen molar-refractivity contribution in [3.05, 3.63) is 78.4 Å². The molecule has 2 amide bonds. The van der Waals surface area contributed by atoms with E-state index in [9.17, 15) is 14.0 Å². The van der Waals surface area contributed by atoms with Crippen LogP contribution in [-0.4, -0.2) is 64.1 Å². The van der Waals surface area contributed by atoms with Gasteiger partial charge in [0.15, 0.2) is 5.69 Å². The first-order valence-corrected chi connectivity index (χ1v) is 9.77. The van der Waals surface area contributed by atoms with Gasteiger partial charge in [-0.2, -0.15) is 5.10 Å². The van der Waals surface area contributed by atoms with Crippen molar-refractivity contribution in [2.75, 3.05) is 38.0 Å². The van der Waals surface area contributed by atoms with Gasteiger partial charge in [-0.1, -0.05) is 18.2 Å². The number of para-hydroxylation sites is 1. The zero-order valence-electron chi connectivity index (χ0n) is 16.4. The molecule has 1 aliphatic rings. The number of piperazine rings is 1. The van der Waals surface area contributed by atoms with Crippen LogP contribution < -0.4 is 5.32 Å². The van der Waals surface area contributed by atoms with Crippen LogP contribution in [0.2, 0.25) is 0 Å². The maximum Gasteiger partial charge on any atom is 0.274 e. The zero-order valence-corrected chi connectivity index (χ0v) is 16.4. The van der Waals surface area contributed by atoms with Gasteiger partial charge in [0.25, 0.3) is 5.91 Å². The van der Waals surface area contributed by atoms with Gasteiger partial charge in [-0.25, -0.2) is 9.07 Å². The van der Waals surface area contributed by atoms with E-state index in [2.05, 4.69) is 10.4 Å². The number of amides is 2. The van der Waals surface area contributed by atoms with Gasteiger partial charge in [-0.3, -0.25) is 14.5 Å². The maximum absolute atomic E-state index is 13.1. The van der Waals surface area contributed by atoms with Crippen molar-refractivity contribution in [3.8, 4) is 5.69 Å². The summed E-state index contributed by atoms with van der Waals surface area (Å²) in [5.74, 6) is -0.541. The molecular formula is C22H22FN5O2. The molecule has 1 N–H and O–H groups in total. The highest BCUT2D eigenvalue weighted by atomic mass is 19.1. The van der Waals surface area contributed by atoms with Crippen molar-refractivity contribution < 1.29 is 14.0 Å². The first kappa shape index (κ1) is 19.8. The lowest BCUT2D eigenvalue weighted by molar-refractivity contribution is -0.117. The van der Waals surface area contributed by atoms with Gasteiger partial charge in [0.2, 0.25) is 5.91 Å². The van der Waals surface area contributed by atoms with Gasteiger partial charge in [-0.15, -0.1) is 0 Å². The lowest BCUT2D eigenvalue weighted by Gasteiger charge is -2.33. The minimum absolute atomic E-state index is 0.0704. The van der Waals surface area contributed by atoms with Crippen LogP contribution in [0.5, 0.6) is 0 Å². The standard InChI is InChI=1S/C22H22FN5O2/c23-17-6-8-19(9-7-17)28-11-10-20(25-28)22(30)27-14-12-26(13-15-27)16-21(29)24-18-4-2-1-3-5-18/h1-11H,12-16H2,(H,24,29). The largest absolute Gasteiger partial charge is 0.335 e. The summed E-state index contributed by atoms with van der Waals surface area (Å²) >= 11 is 0.